The van der Waals surface area contributed by atoms with Gasteiger partial charge in [0.15, 0.2) is 31.5 Å². The highest BCUT2D eigenvalue weighted by Gasteiger charge is 2.51. The number of methoxy groups -OCH3 is 1. The van der Waals surface area contributed by atoms with Crippen molar-refractivity contribution in [1.82, 2.24) is 19.5 Å². The van der Waals surface area contributed by atoms with E-state index >= 15 is 0 Å². The van der Waals surface area contributed by atoms with E-state index in [1.54, 1.807) is 42.3 Å². The van der Waals surface area contributed by atoms with Gasteiger partial charge in [-0.25, -0.2) is 15.0 Å². The summed E-state index contributed by atoms with van der Waals surface area (Å²) >= 11 is 0. The summed E-state index contributed by atoms with van der Waals surface area (Å²) in [5, 5.41) is 12.9. The number of fused-ring (bicyclic) bond motifs is 1. The van der Waals surface area contributed by atoms with Crippen molar-refractivity contribution in [2.45, 2.75) is 63.4 Å². The second kappa shape index (κ2) is 9.74. The predicted octanol–water partition coefficient (Wildman–Crippen LogP) is 3.37. The van der Waals surface area contributed by atoms with E-state index in [4.69, 9.17) is 13.9 Å². The van der Waals surface area contributed by atoms with E-state index in [-0.39, 0.29) is 17.6 Å². The number of carbonyl (C=O) groups is 1. The van der Waals surface area contributed by atoms with Crippen LogP contribution in [0.3, 0.4) is 0 Å². The molecule has 10 nitrogen and oxygen atoms in total. The molecule has 1 saturated heterocycles. The molecule has 3 aromatic rings. The Morgan fingerprint density at radius 1 is 1.17 bits per heavy atom. The van der Waals surface area contributed by atoms with E-state index in [1.165, 1.54) is 6.33 Å². The average Bonchev–Trinajstić information content (AvgIpc) is 3.40. The van der Waals surface area contributed by atoms with Gasteiger partial charge in [0.2, 0.25) is 0 Å². The molecule has 3 heterocycles. The number of aromatic nitrogens is 4. The van der Waals surface area contributed by atoms with Crippen LogP contribution in [0.4, 0.5) is 5.82 Å². The molecular formula is C24H33N5O5Si. The topological polar surface area (TPSA) is 121 Å². The van der Waals surface area contributed by atoms with Crippen LogP contribution in [0.1, 0.15) is 37.4 Å². The van der Waals surface area contributed by atoms with Crippen molar-refractivity contribution >= 4 is 31.2 Å². The standard InChI is InChI=1S/C24H33N5O5Si/c1-24(2,3)35(5,6)34-18-16(12-30)33-23(19(18)32-4)29-14-27-17-20(25-13-26-21(17)29)28-22(31)15-10-8-7-9-11-15/h7-11,13-14,16,18-19,23,30H,12H2,1-6H3,(H,25,26,28,31)/t16-,18-,19-,23-/m1/s1. The highest BCUT2D eigenvalue weighted by Crippen LogP contribution is 2.42. The van der Waals surface area contributed by atoms with Gasteiger partial charge in [0.1, 0.15) is 24.6 Å². The molecule has 188 valence electrons. The van der Waals surface area contributed by atoms with Crippen LogP contribution in [0.25, 0.3) is 11.2 Å². The molecule has 35 heavy (non-hydrogen) atoms. The summed E-state index contributed by atoms with van der Waals surface area (Å²) in [4.78, 5) is 25.7. The Kier molecular flexibility index (Phi) is 7.07. The first-order valence-corrected chi connectivity index (χ1v) is 14.5. The molecule has 1 aliphatic rings. The Bertz CT molecular complexity index is 1180. The van der Waals surface area contributed by atoms with Crippen molar-refractivity contribution in [3.05, 3.63) is 48.5 Å². The van der Waals surface area contributed by atoms with Crippen molar-refractivity contribution in [3.8, 4) is 0 Å². The van der Waals surface area contributed by atoms with Crippen LogP contribution in [0.15, 0.2) is 43.0 Å². The van der Waals surface area contributed by atoms with Crippen molar-refractivity contribution in [3.63, 3.8) is 0 Å². The minimum absolute atomic E-state index is 0.0236. The van der Waals surface area contributed by atoms with E-state index < -0.39 is 32.9 Å². The van der Waals surface area contributed by atoms with Gasteiger partial charge < -0.3 is 24.3 Å². The number of rotatable bonds is 7. The molecule has 0 saturated carbocycles. The number of hydrogen-bond donors (Lipinski definition) is 2. The predicted molar refractivity (Wildman–Crippen MR) is 134 cm³/mol. The molecule has 1 fully saturated rings. The largest absolute Gasteiger partial charge is 0.408 e. The van der Waals surface area contributed by atoms with Gasteiger partial charge in [-0.05, 0) is 30.3 Å². The number of aliphatic hydroxyl groups is 1. The summed E-state index contributed by atoms with van der Waals surface area (Å²) in [6.45, 7) is 10.6. The Balaban J connectivity index is 1.65. The van der Waals surface area contributed by atoms with E-state index in [9.17, 15) is 9.90 Å². The Morgan fingerprint density at radius 2 is 1.89 bits per heavy atom. The summed E-state index contributed by atoms with van der Waals surface area (Å²) < 4.78 is 20.5. The number of benzene rings is 1. The van der Waals surface area contributed by atoms with Crippen LogP contribution in [0, 0.1) is 0 Å². The quantitative estimate of drug-likeness (QED) is 0.475. The lowest BCUT2D eigenvalue weighted by Crippen LogP contribution is -2.50. The molecule has 2 aromatic heterocycles. The summed E-state index contributed by atoms with van der Waals surface area (Å²) in [7, 11) is -0.583. The Hall–Kier alpha value is -2.70. The second-order valence-corrected chi connectivity index (χ2v) is 14.9. The fourth-order valence-corrected chi connectivity index (χ4v) is 5.21. The van der Waals surface area contributed by atoms with Gasteiger partial charge >= 0.3 is 0 Å². The number of amides is 1. The Labute approximate surface area is 205 Å². The first-order chi connectivity index (χ1) is 16.6. The maximum Gasteiger partial charge on any atom is 0.256 e. The fourth-order valence-electron chi connectivity index (χ4n) is 3.89. The minimum Gasteiger partial charge on any atom is -0.408 e. The van der Waals surface area contributed by atoms with Gasteiger partial charge in [0.05, 0.1) is 12.9 Å². The molecule has 0 unspecified atom stereocenters. The van der Waals surface area contributed by atoms with Gasteiger partial charge in [0.25, 0.3) is 5.91 Å². The third-order valence-electron chi connectivity index (χ3n) is 6.88. The number of ether oxygens (including phenoxy) is 2. The van der Waals surface area contributed by atoms with Crippen molar-refractivity contribution in [1.29, 1.82) is 0 Å². The highest BCUT2D eigenvalue weighted by atomic mass is 28.4. The van der Waals surface area contributed by atoms with E-state index in [0.717, 1.165) is 0 Å². The minimum atomic E-state index is -2.18. The molecular weight excluding hydrogens is 466 g/mol. The van der Waals surface area contributed by atoms with Crippen LogP contribution < -0.4 is 5.32 Å². The zero-order chi connectivity index (χ0) is 25.4. The first kappa shape index (κ1) is 25.4. The van der Waals surface area contributed by atoms with E-state index in [0.29, 0.717) is 22.5 Å². The highest BCUT2D eigenvalue weighted by molar-refractivity contribution is 6.74. The lowest BCUT2D eigenvalue weighted by molar-refractivity contribution is -0.0583. The van der Waals surface area contributed by atoms with Crippen LogP contribution in [0.5, 0.6) is 0 Å². The zero-order valence-electron chi connectivity index (χ0n) is 20.9. The van der Waals surface area contributed by atoms with Crippen LogP contribution in [-0.4, -0.2) is 70.9 Å². The van der Waals surface area contributed by atoms with Gasteiger partial charge in [-0.2, -0.15) is 0 Å². The van der Waals surface area contributed by atoms with Gasteiger partial charge in [0, 0.05) is 12.7 Å². The molecule has 1 aromatic carbocycles. The number of imidazole rings is 1. The van der Waals surface area contributed by atoms with Crippen molar-refractivity contribution < 1.29 is 23.8 Å². The van der Waals surface area contributed by atoms with E-state index in [1.807, 2.05) is 6.07 Å². The normalized spacial score (nSPS) is 23.1. The maximum absolute atomic E-state index is 12.7. The third-order valence-corrected chi connectivity index (χ3v) is 11.3. The van der Waals surface area contributed by atoms with Crippen molar-refractivity contribution in [2.75, 3.05) is 19.0 Å². The number of nitrogens with one attached hydrogen (secondary N) is 1. The fraction of sp³-hybridized carbons (Fsp3) is 0.500. The van der Waals surface area contributed by atoms with Crippen LogP contribution >= 0.6 is 0 Å². The van der Waals surface area contributed by atoms with Gasteiger partial charge in [-0.1, -0.05) is 39.0 Å². The molecule has 4 rings (SSSR count). The molecule has 4 atom stereocenters. The molecule has 2 N–H and O–H groups in total. The summed E-state index contributed by atoms with van der Waals surface area (Å²) in [5.41, 5.74) is 1.40. The SMILES string of the molecule is CO[C@@H]1[C@H](O[Si](C)(C)C(C)(C)C)[C@@H](CO)O[C@H]1n1cnc2c(NC(=O)c3ccccc3)ncnc21. The first-order valence-electron chi connectivity index (χ1n) is 11.6. The monoisotopic (exact) mass is 499 g/mol. The summed E-state index contributed by atoms with van der Waals surface area (Å²) in [5.74, 6) is -0.00226. The van der Waals surface area contributed by atoms with Gasteiger partial charge in [-0.3, -0.25) is 9.36 Å². The number of anilines is 1. The van der Waals surface area contributed by atoms with Gasteiger partial charge in [-0.15, -0.1) is 0 Å². The molecule has 0 aliphatic carbocycles. The molecule has 1 aliphatic heterocycles. The summed E-state index contributed by atoms with van der Waals surface area (Å²) in [6.07, 6.45) is 0.770. The number of hydrogen-bond acceptors (Lipinski definition) is 8. The molecule has 0 bridgehead atoms. The zero-order valence-corrected chi connectivity index (χ0v) is 21.9. The Morgan fingerprint density at radius 3 is 2.51 bits per heavy atom. The molecule has 0 spiro atoms. The maximum atomic E-state index is 12.7. The molecule has 1 amide bonds. The lowest BCUT2D eigenvalue weighted by atomic mass is 10.1. The lowest BCUT2D eigenvalue weighted by Gasteiger charge is -2.40. The van der Waals surface area contributed by atoms with E-state index in [2.05, 4.69) is 54.1 Å². The average molecular weight is 500 g/mol. The smallest absolute Gasteiger partial charge is 0.256 e. The number of carbonyl (C=O) groups excluding carboxylic acids is 1. The van der Waals surface area contributed by atoms with Crippen LogP contribution in [0.2, 0.25) is 18.1 Å². The third kappa shape index (κ3) is 4.87. The molecule has 0 radical (unpaired) electrons. The summed E-state index contributed by atoms with van der Waals surface area (Å²) in [6, 6.07) is 8.87. The van der Waals surface area contributed by atoms with Crippen molar-refractivity contribution in [2.24, 2.45) is 0 Å². The number of aliphatic hydroxyl groups excluding tert-OH is 1. The second-order valence-electron chi connectivity index (χ2n) is 10.2. The number of nitrogens with zero attached hydrogens (tertiary/aromatic N) is 4. The van der Waals surface area contributed by atoms with Crippen LogP contribution in [-0.2, 0) is 13.9 Å². The molecule has 11 heteroatoms.